The molecule has 0 aliphatic heterocycles. The van der Waals surface area contributed by atoms with E-state index < -0.39 is 17.6 Å². The summed E-state index contributed by atoms with van der Waals surface area (Å²) in [5.41, 5.74) is 5.40. The molecule has 0 aliphatic carbocycles. The number of hydrogen-bond donors (Lipinski definition) is 1. The highest BCUT2D eigenvalue weighted by Crippen LogP contribution is 2.35. The Morgan fingerprint density at radius 1 is 1.05 bits per heavy atom. The number of oxazole rings is 1. The maximum absolute atomic E-state index is 13.1. The van der Waals surface area contributed by atoms with Crippen molar-refractivity contribution in [3.8, 4) is 11.5 Å². The summed E-state index contributed by atoms with van der Waals surface area (Å²) in [6.07, 6.45) is -4.50. The van der Waals surface area contributed by atoms with Crippen LogP contribution < -0.4 is 5.73 Å². The number of nitrogens with zero attached hydrogens (tertiary/aromatic N) is 1. The highest BCUT2D eigenvalue weighted by Gasteiger charge is 2.31. The van der Waals surface area contributed by atoms with Crippen molar-refractivity contribution in [2.75, 3.05) is 5.73 Å². The van der Waals surface area contributed by atoms with Crippen molar-refractivity contribution in [2.45, 2.75) is 6.18 Å². The third-order valence-corrected chi connectivity index (χ3v) is 2.96. The van der Waals surface area contributed by atoms with E-state index in [-0.39, 0.29) is 28.2 Å². The summed E-state index contributed by atoms with van der Waals surface area (Å²) in [5.74, 6) is -0.599. The Morgan fingerprint density at radius 3 is 2.52 bits per heavy atom. The second-order valence-electron chi connectivity index (χ2n) is 4.43. The van der Waals surface area contributed by atoms with Gasteiger partial charge in [0.25, 0.3) is 0 Å². The predicted octanol–water partition coefficient (Wildman–Crippen LogP) is 4.23. The van der Waals surface area contributed by atoms with E-state index in [0.29, 0.717) is 0 Å². The Balaban J connectivity index is 2.17. The lowest BCUT2D eigenvalue weighted by Gasteiger charge is -2.09. The van der Waals surface area contributed by atoms with Crippen molar-refractivity contribution in [3.05, 3.63) is 47.8 Å². The Labute approximate surface area is 116 Å². The fourth-order valence-corrected chi connectivity index (χ4v) is 1.93. The molecule has 1 heterocycles. The summed E-state index contributed by atoms with van der Waals surface area (Å²) in [6, 6.07) is 6.52. The van der Waals surface area contributed by atoms with Crippen molar-refractivity contribution in [1.29, 1.82) is 0 Å². The lowest BCUT2D eigenvalue weighted by atomic mass is 10.1. The second kappa shape index (κ2) is 4.47. The van der Waals surface area contributed by atoms with Crippen LogP contribution >= 0.6 is 0 Å². The van der Waals surface area contributed by atoms with Gasteiger partial charge in [0, 0.05) is 11.8 Å². The summed E-state index contributed by atoms with van der Waals surface area (Å²) in [4.78, 5) is 3.97. The van der Waals surface area contributed by atoms with Gasteiger partial charge in [-0.3, -0.25) is 0 Å². The van der Waals surface area contributed by atoms with Gasteiger partial charge in [-0.15, -0.1) is 0 Å². The third kappa shape index (κ3) is 2.42. The van der Waals surface area contributed by atoms with Crippen molar-refractivity contribution >= 4 is 16.8 Å². The van der Waals surface area contributed by atoms with Crippen LogP contribution in [-0.2, 0) is 6.18 Å². The Kier molecular flexibility index (Phi) is 2.86. The number of nitrogens with two attached hydrogens (primary N) is 1. The van der Waals surface area contributed by atoms with Crippen molar-refractivity contribution in [1.82, 2.24) is 4.98 Å². The molecule has 1 aromatic heterocycles. The standard InChI is InChI=1S/C14H8F4N2O/c15-8-2-4-12-11(6-8)20-13(21-12)9-5-7(14(16,17)18)1-3-10(9)19/h1-6H,19H2. The molecule has 0 spiro atoms. The van der Waals surface area contributed by atoms with Crippen LogP contribution in [0.5, 0.6) is 0 Å². The molecule has 0 unspecified atom stereocenters. The molecular formula is C14H8F4N2O. The number of alkyl halides is 3. The highest BCUT2D eigenvalue weighted by atomic mass is 19.4. The van der Waals surface area contributed by atoms with E-state index in [0.717, 1.165) is 24.3 Å². The third-order valence-electron chi connectivity index (χ3n) is 2.96. The largest absolute Gasteiger partial charge is 0.436 e. The molecule has 2 N–H and O–H groups in total. The molecule has 3 nitrogen and oxygen atoms in total. The summed E-state index contributed by atoms with van der Waals surface area (Å²) in [6.45, 7) is 0. The average Bonchev–Trinajstić information content (AvgIpc) is 2.80. The smallest absolute Gasteiger partial charge is 0.416 e. The predicted molar refractivity (Wildman–Crippen MR) is 68.8 cm³/mol. The molecule has 7 heteroatoms. The molecule has 0 saturated heterocycles. The Bertz CT molecular complexity index is 823. The van der Waals surface area contributed by atoms with Gasteiger partial charge in [0.05, 0.1) is 11.1 Å². The molecule has 0 fully saturated rings. The van der Waals surface area contributed by atoms with Gasteiger partial charge in [-0.2, -0.15) is 13.2 Å². The van der Waals surface area contributed by atoms with E-state index in [9.17, 15) is 17.6 Å². The van der Waals surface area contributed by atoms with Gasteiger partial charge < -0.3 is 10.2 Å². The lowest BCUT2D eigenvalue weighted by molar-refractivity contribution is -0.137. The number of anilines is 1. The van der Waals surface area contributed by atoms with Crippen LogP contribution in [0.2, 0.25) is 0 Å². The van der Waals surface area contributed by atoms with Crippen LogP contribution in [0, 0.1) is 5.82 Å². The number of hydrogen-bond acceptors (Lipinski definition) is 3. The molecule has 0 aliphatic rings. The number of fused-ring (bicyclic) bond motifs is 1. The zero-order chi connectivity index (χ0) is 15.2. The monoisotopic (exact) mass is 296 g/mol. The second-order valence-corrected chi connectivity index (χ2v) is 4.43. The maximum Gasteiger partial charge on any atom is 0.416 e. The van der Waals surface area contributed by atoms with E-state index in [2.05, 4.69) is 4.98 Å². The molecule has 108 valence electrons. The SMILES string of the molecule is Nc1ccc(C(F)(F)F)cc1-c1nc2cc(F)ccc2o1. The van der Waals surface area contributed by atoms with Crippen molar-refractivity contribution in [2.24, 2.45) is 0 Å². The van der Waals surface area contributed by atoms with E-state index >= 15 is 0 Å². The summed E-state index contributed by atoms with van der Waals surface area (Å²) in [7, 11) is 0. The van der Waals surface area contributed by atoms with Crippen LogP contribution in [-0.4, -0.2) is 4.98 Å². The van der Waals surface area contributed by atoms with E-state index in [1.54, 1.807) is 0 Å². The first-order valence-corrected chi connectivity index (χ1v) is 5.88. The fraction of sp³-hybridized carbons (Fsp3) is 0.0714. The zero-order valence-corrected chi connectivity index (χ0v) is 10.4. The summed E-state index contributed by atoms with van der Waals surface area (Å²) in [5, 5.41) is 0. The number of aromatic nitrogens is 1. The fourth-order valence-electron chi connectivity index (χ4n) is 1.93. The Morgan fingerprint density at radius 2 is 1.81 bits per heavy atom. The molecule has 0 atom stereocenters. The molecule has 0 amide bonds. The molecule has 21 heavy (non-hydrogen) atoms. The van der Waals surface area contributed by atoms with E-state index in [1.165, 1.54) is 12.1 Å². The molecule has 3 aromatic rings. The Hall–Kier alpha value is -2.57. The van der Waals surface area contributed by atoms with Crippen molar-refractivity contribution in [3.63, 3.8) is 0 Å². The molecule has 0 saturated carbocycles. The minimum Gasteiger partial charge on any atom is -0.436 e. The lowest BCUT2D eigenvalue weighted by Crippen LogP contribution is -2.05. The molecule has 3 rings (SSSR count). The van der Waals surface area contributed by atoms with Crippen LogP contribution in [0.3, 0.4) is 0 Å². The molecule has 2 aromatic carbocycles. The molecule has 0 radical (unpaired) electrons. The zero-order valence-electron chi connectivity index (χ0n) is 10.4. The van der Waals surface area contributed by atoms with Gasteiger partial charge in [0.2, 0.25) is 5.89 Å². The molecule has 0 bridgehead atoms. The maximum atomic E-state index is 13.1. The van der Waals surface area contributed by atoms with Crippen molar-refractivity contribution < 1.29 is 22.0 Å². The first-order valence-electron chi connectivity index (χ1n) is 5.88. The van der Waals surface area contributed by atoms with Crippen LogP contribution in [0.15, 0.2) is 40.8 Å². The number of halogens is 4. The van der Waals surface area contributed by atoms with Gasteiger partial charge in [-0.05, 0) is 30.3 Å². The van der Waals surface area contributed by atoms with E-state index in [4.69, 9.17) is 10.2 Å². The van der Waals surface area contributed by atoms with Gasteiger partial charge in [0.1, 0.15) is 11.3 Å². The normalized spacial score (nSPS) is 12.0. The summed E-state index contributed by atoms with van der Waals surface area (Å²) < 4.78 is 56.6. The number of nitrogen functional groups attached to an aromatic ring is 1. The van der Waals surface area contributed by atoms with Gasteiger partial charge in [-0.1, -0.05) is 0 Å². The molecular weight excluding hydrogens is 288 g/mol. The van der Waals surface area contributed by atoms with Crippen LogP contribution in [0.4, 0.5) is 23.2 Å². The van der Waals surface area contributed by atoms with Crippen LogP contribution in [0.1, 0.15) is 5.56 Å². The number of rotatable bonds is 1. The topological polar surface area (TPSA) is 52.0 Å². The minimum absolute atomic E-state index is 0.0152. The van der Waals surface area contributed by atoms with Gasteiger partial charge in [-0.25, -0.2) is 9.37 Å². The highest BCUT2D eigenvalue weighted by molar-refractivity contribution is 5.79. The van der Waals surface area contributed by atoms with Crippen LogP contribution in [0.25, 0.3) is 22.6 Å². The quantitative estimate of drug-likeness (QED) is 0.540. The summed E-state index contributed by atoms with van der Waals surface area (Å²) >= 11 is 0. The minimum atomic E-state index is -4.50. The first-order chi connectivity index (χ1) is 9.84. The number of benzene rings is 2. The van der Waals surface area contributed by atoms with E-state index in [1.807, 2.05) is 0 Å². The van der Waals surface area contributed by atoms with Gasteiger partial charge in [0.15, 0.2) is 5.58 Å². The average molecular weight is 296 g/mol. The van der Waals surface area contributed by atoms with Gasteiger partial charge >= 0.3 is 6.18 Å². The first kappa shape index (κ1) is 13.4.